The largest absolute Gasteiger partial charge is 0.371 e. The Bertz CT molecular complexity index is 350. The van der Waals surface area contributed by atoms with Gasteiger partial charge in [-0.1, -0.05) is 51.8 Å². The van der Waals surface area contributed by atoms with Gasteiger partial charge < -0.3 is 4.90 Å². The molecule has 0 aliphatic rings. The summed E-state index contributed by atoms with van der Waals surface area (Å²) in [6.07, 6.45) is 0. The molecule has 0 aliphatic carbocycles. The molecule has 3 heteroatoms. The summed E-state index contributed by atoms with van der Waals surface area (Å²) in [5.41, 5.74) is 2.63. The Balaban J connectivity index is 3.05. The SMILES string of the molecule is CC(C)C(C)N(C)c1cc(Br)ccc1CBr. The Morgan fingerprint density at radius 3 is 2.38 bits per heavy atom. The van der Waals surface area contributed by atoms with Crippen LogP contribution in [0.5, 0.6) is 0 Å². The molecule has 0 spiro atoms. The summed E-state index contributed by atoms with van der Waals surface area (Å²) in [7, 11) is 2.17. The monoisotopic (exact) mass is 347 g/mol. The maximum atomic E-state index is 3.55. The summed E-state index contributed by atoms with van der Waals surface area (Å²) < 4.78 is 1.13. The lowest BCUT2D eigenvalue weighted by atomic mass is 10.0. The smallest absolute Gasteiger partial charge is 0.0418 e. The Hall–Kier alpha value is -0.0200. The van der Waals surface area contributed by atoms with Crippen molar-refractivity contribution in [2.75, 3.05) is 11.9 Å². The molecule has 0 saturated heterocycles. The van der Waals surface area contributed by atoms with Crippen LogP contribution >= 0.6 is 31.9 Å². The minimum atomic E-state index is 0.534. The zero-order valence-electron chi connectivity index (χ0n) is 10.3. The number of alkyl halides is 1. The van der Waals surface area contributed by atoms with Gasteiger partial charge in [0.15, 0.2) is 0 Å². The van der Waals surface area contributed by atoms with Crippen molar-refractivity contribution in [3.8, 4) is 0 Å². The Labute approximate surface area is 115 Å². The molecule has 1 aromatic carbocycles. The minimum absolute atomic E-state index is 0.534. The number of halogens is 2. The van der Waals surface area contributed by atoms with E-state index in [1.165, 1.54) is 11.3 Å². The first-order chi connectivity index (χ1) is 7.47. The van der Waals surface area contributed by atoms with E-state index < -0.39 is 0 Å². The molecule has 0 saturated carbocycles. The predicted octanol–water partition coefficient (Wildman–Crippen LogP) is 4.82. The number of rotatable bonds is 4. The zero-order chi connectivity index (χ0) is 12.3. The topological polar surface area (TPSA) is 3.24 Å². The molecular weight excluding hydrogens is 330 g/mol. The van der Waals surface area contributed by atoms with Crippen LogP contribution in [0.25, 0.3) is 0 Å². The highest BCUT2D eigenvalue weighted by Gasteiger charge is 2.16. The van der Waals surface area contributed by atoms with Crippen LogP contribution in [0, 0.1) is 5.92 Å². The lowest BCUT2D eigenvalue weighted by molar-refractivity contribution is 0.505. The van der Waals surface area contributed by atoms with Gasteiger partial charge in [-0.25, -0.2) is 0 Å². The summed E-state index contributed by atoms with van der Waals surface area (Å²) >= 11 is 7.08. The second kappa shape index (κ2) is 6.06. The molecule has 0 fully saturated rings. The molecule has 0 bridgehead atoms. The second-order valence-corrected chi connectivity index (χ2v) is 5.98. The van der Waals surface area contributed by atoms with E-state index in [4.69, 9.17) is 0 Å². The van der Waals surface area contributed by atoms with Crippen LogP contribution in [0.2, 0.25) is 0 Å². The number of anilines is 1. The highest BCUT2D eigenvalue weighted by molar-refractivity contribution is 9.10. The van der Waals surface area contributed by atoms with Crippen molar-refractivity contribution in [2.45, 2.75) is 32.1 Å². The fraction of sp³-hybridized carbons (Fsp3) is 0.538. The average Bonchev–Trinajstić information content (AvgIpc) is 2.26. The van der Waals surface area contributed by atoms with Crippen molar-refractivity contribution in [1.82, 2.24) is 0 Å². The molecule has 0 aliphatic heterocycles. The molecule has 0 radical (unpaired) electrons. The van der Waals surface area contributed by atoms with Crippen molar-refractivity contribution in [3.63, 3.8) is 0 Å². The Morgan fingerprint density at radius 1 is 1.25 bits per heavy atom. The van der Waals surface area contributed by atoms with Crippen LogP contribution in [0.4, 0.5) is 5.69 Å². The molecule has 1 unspecified atom stereocenters. The summed E-state index contributed by atoms with van der Waals surface area (Å²) in [5.74, 6) is 0.646. The second-order valence-electron chi connectivity index (χ2n) is 4.50. The van der Waals surface area contributed by atoms with Crippen molar-refractivity contribution < 1.29 is 0 Å². The number of hydrogen-bond acceptors (Lipinski definition) is 1. The number of nitrogens with zero attached hydrogens (tertiary/aromatic N) is 1. The summed E-state index contributed by atoms with van der Waals surface area (Å²) in [5, 5.41) is 0.894. The number of benzene rings is 1. The van der Waals surface area contributed by atoms with Crippen molar-refractivity contribution >= 4 is 37.5 Å². The average molecular weight is 349 g/mol. The molecule has 0 amide bonds. The van der Waals surface area contributed by atoms with E-state index in [1.54, 1.807) is 0 Å². The van der Waals surface area contributed by atoms with Gasteiger partial charge in [-0.3, -0.25) is 0 Å². The van der Waals surface area contributed by atoms with Gasteiger partial charge in [-0.15, -0.1) is 0 Å². The maximum Gasteiger partial charge on any atom is 0.0418 e. The molecule has 0 aromatic heterocycles. The van der Waals surface area contributed by atoms with E-state index in [0.717, 1.165) is 9.80 Å². The Morgan fingerprint density at radius 2 is 1.88 bits per heavy atom. The first-order valence-electron chi connectivity index (χ1n) is 5.54. The van der Waals surface area contributed by atoms with Crippen LogP contribution in [-0.4, -0.2) is 13.1 Å². The normalized spacial score (nSPS) is 12.9. The van der Waals surface area contributed by atoms with Crippen molar-refractivity contribution in [1.29, 1.82) is 0 Å². The first-order valence-corrected chi connectivity index (χ1v) is 7.46. The Kier molecular flexibility index (Phi) is 5.32. The van der Waals surface area contributed by atoms with E-state index in [1.807, 2.05) is 0 Å². The molecule has 1 nitrogen and oxygen atoms in total. The van der Waals surface area contributed by atoms with Crippen LogP contribution in [0.15, 0.2) is 22.7 Å². The van der Waals surface area contributed by atoms with E-state index >= 15 is 0 Å². The van der Waals surface area contributed by atoms with Gasteiger partial charge in [-0.2, -0.15) is 0 Å². The highest BCUT2D eigenvalue weighted by atomic mass is 79.9. The van der Waals surface area contributed by atoms with Gasteiger partial charge >= 0.3 is 0 Å². The summed E-state index contributed by atoms with van der Waals surface area (Å²) in [6.45, 7) is 6.78. The van der Waals surface area contributed by atoms with Crippen molar-refractivity contribution in [3.05, 3.63) is 28.2 Å². The van der Waals surface area contributed by atoms with E-state index in [2.05, 4.69) is 82.8 Å². The van der Waals surface area contributed by atoms with Crippen LogP contribution in [0.3, 0.4) is 0 Å². The van der Waals surface area contributed by atoms with Crippen LogP contribution < -0.4 is 4.90 Å². The lowest BCUT2D eigenvalue weighted by Crippen LogP contribution is -2.33. The minimum Gasteiger partial charge on any atom is -0.371 e. The van der Waals surface area contributed by atoms with Crippen LogP contribution in [-0.2, 0) is 5.33 Å². The third-order valence-electron chi connectivity index (χ3n) is 3.15. The van der Waals surface area contributed by atoms with Gasteiger partial charge in [0.05, 0.1) is 0 Å². The van der Waals surface area contributed by atoms with Gasteiger partial charge in [0, 0.05) is 28.6 Å². The lowest BCUT2D eigenvalue weighted by Gasteiger charge is -2.31. The fourth-order valence-electron chi connectivity index (χ4n) is 1.64. The van der Waals surface area contributed by atoms with Gasteiger partial charge in [0.25, 0.3) is 0 Å². The predicted molar refractivity (Wildman–Crippen MR) is 79.5 cm³/mol. The van der Waals surface area contributed by atoms with E-state index in [9.17, 15) is 0 Å². The highest BCUT2D eigenvalue weighted by Crippen LogP contribution is 2.28. The van der Waals surface area contributed by atoms with Crippen molar-refractivity contribution in [2.24, 2.45) is 5.92 Å². The van der Waals surface area contributed by atoms with Gasteiger partial charge in [-0.05, 0) is 30.5 Å². The van der Waals surface area contributed by atoms with E-state index in [-0.39, 0.29) is 0 Å². The molecule has 1 atom stereocenters. The molecule has 0 N–H and O–H groups in total. The van der Waals surface area contributed by atoms with E-state index in [0.29, 0.717) is 12.0 Å². The third-order valence-corrected chi connectivity index (χ3v) is 4.24. The molecule has 0 heterocycles. The van der Waals surface area contributed by atoms with Crippen LogP contribution in [0.1, 0.15) is 26.3 Å². The standard InChI is InChI=1S/C13H19Br2N/c1-9(2)10(3)16(4)13-7-12(15)6-5-11(13)8-14/h5-7,9-10H,8H2,1-4H3. The van der Waals surface area contributed by atoms with Gasteiger partial charge in [0.1, 0.15) is 0 Å². The molecule has 16 heavy (non-hydrogen) atoms. The summed E-state index contributed by atoms with van der Waals surface area (Å²) in [6, 6.07) is 6.98. The maximum absolute atomic E-state index is 3.55. The molecule has 1 aromatic rings. The van der Waals surface area contributed by atoms with Gasteiger partial charge in [0.2, 0.25) is 0 Å². The third kappa shape index (κ3) is 3.24. The number of hydrogen-bond donors (Lipinski definition) is 0. The first kappa shape index (κ1) is 14.0. The molecule has 90 valence electrons. The fourth-order valence-corrected chi connectivity index (χ4v) is 2.47. The summed E-state index contributed by atoms with van der Waals surface area (Å²) in [4.78, 5) is 2.35. The molecule has 1 rings (SSSR count). The zero-order valence-corrected chi connectivity index (χ0v) is 13.5. The quantitative estimate of drug-likeness (QED) is 0.705. The molecular formula is C13H19Br2N.